The molecule has 0 unspecified atom stereocenters. The molecule has 35 heavy (non-hydrogen) atoms. The molecule has 1 heterocycles. The highest BCUT2D eigenvalue weighted by molar-refractivity contribution is 6.26. The second kappa shape index (κ2) is 10.2. The van der Waals surface area contributed by atoms with Crippen molar-refractivity contribution in [3.8, 4) is 28.7 Å². The Bertz CT molecular complexity index is 1290. The van der Waals surface area contributed by atoms with E-state index in [1.165, 1.54) is 21.3 Å². The third-order valence-electron chi connectivity index (χ3n) is 5.63. The lowest BCUT2D eigenvalue weighted by molar-refractivity contribution is -0.130. The largest absolute Gasteiger partial charge is 0.497 e. The average molecular weight is 476 g/mol. The molecular weight excluding hydrogens is 452 g/mol. The van der Waals surface area contributed by atoms with E-state index >= 15 is 0 Å². The number of carboxylic acid groups (broad SMARTS) is 1. The highest BCUT2D eigenvalue weighted by Crippen LogP contribution is 2.37. The van der Waals surface area contributed by atoms with Crippen LogP contribution >= 0.6 is 0 Å². The Hall–Kier alpha value is -4.46. The summed E-state index contributed by atoms with van der Waals surface area (Å²) in [5, 5.41) is 10.2. The molecule has 3 aromatic carbocycles. The van der Waals surface area contributed by atoms with Gasteiger partial charge in [0.05, 0.1) is 26.9 Å². The number of methoxy groups -OCH3 is 3. The highest BCUT2D eigenvalue weighted by atomic mass is 16.7. The Balaban J connectivity index is 1.87. The van der Waals surface area contributed by atoms with Crippen LogP contribution in [0.3, 0.4) is 0 Å². The van der Waals surface area contributed by atoms with E-state index in [0.29, 0.717) is 45.4 Å². The summed E-state index contributed by atoms with van der Waals surface area (Å²) in [5.41, 5.74) is 1.33. The first-order valence-electron chi connectivity index (χ1n) is 10.7. The van der Waals surface area contributed by atoms with Crippen molar-refractivity contribution in [3.63, 3.8) is 0 Å². The van der Waals surface area contributed by atoms with Crippen LogP contribution in [0.4, 0.5) is 0 Å². The third-order valence-corrected chi connectivity index (χ3v) is 5.63. The van der Waals surface area contributed by atoms with Gasteiger partial charge in [-0.1, -0.05) is 12.1 Å². The molecule has 0 atom stereocenters. The molecular formula is C27H24O8. The molecule has 0 saturated carbocycles. The Morgan fingerprint density at radius 1 is 0.800 bits per heavy atom. The number of hydrogen-bond acceptors (Lipinski definition) is 7. The van der Waals surface area contributed by atoms with E-state index in [9.17, 15) is 14.7 Å². The molecule has 0 amide bonds. The Labute approximate surface area is 202 Å². The summed E-state index contributed by atoms with van der Waals surface area (Å²) < 4.78 is 26.6. The molecule has 4 rings (SSSR count). The van der Waals surface area contributed by atoms with Crippen LogP contribution in [0.5, 0.6) is 28.7 Å². The molecule has 0 aromatic heterocycles. The number of aliphatic carboxylic acids is 1. The maximum Gasteiger partial charge on any atom is 0.336 e. The van der Waals surface area contributed by atoms with Gasteiger partial charge < -0.3 is 28.8 Å². The van der Waals surface area contributed by atoms with Crippen molar-refractivity contribution >= 4 is 17.3 Å². The first-order valence-corrected chi connectivity index (χ1v) is 10.7. The fourth-order valence-corrected chi connectivity index (χ4v) is 3.87. The number of hydrogen-bond donors (Lipinski definition) is 1. The lowest BCUT2D eigenvalue weighted by Gasteiger charge is -2.15. The van der Waals surface area contributed by atoms with E-state index in [-0.39, 0.29) is 24.4 Å². The van der Waals surface area contributed by atoms with Gasteiger partial charge in [0.15, 0.2) is 28.8 Å². The first-order chi connectivity index (χ1) is 16.9. The Morgan fingerprint density at radius 2 is 1.49 bits per heavy atom. The number of ether oxygens (including phenoxy) is 5. The van der Waals surface area contributed by atoms with E-state index in [4.69, 9.17) is 23.7 Å². The summed E-state index contributed by atoms with van der Waals surface area (Å²) in [6.45, 7) is 0.0498. The first kappa shape index (κ1) is 23.7. The van der Waals surface area contributed by atoms with E-state index < -0.39 is 11.8 Å². The quantitative estimate of drug-likeness (QED) is 0.358. The number of allylic oxidation sites excluding steroid dienone is 1. The van der Waals surface area contributed by atoms with E-state index in [1.54, 1.807) is 60.7 Å². The fraction of sp³-hybridized carbons (Fsp3) is 0.185. The van der Waals surface area contributed by atoms with Gasteiger partial charge in [-0.05, 0) is 59.7 Å². The zero-order valence-corrected chi connectivity index (χ0v) is 19.5. The number of carboxylic acids is 1. The number of ketones is 1. The third kappa shape index (κ3) is 4.91. The number of fused-ring (bicyclic) bond motifs is 1. The number of benzene rings is 3. The molecule has 1 aliphatic heterocycles. The molecule has 180 valence electrons. The number of carbonyl (C=O) groups is 2. The predicted octanol–water partition coefficient (Wildman–Crippen LogP) is 4.40. The Kier molecular flexibility index (Phi) is 6.91. The molecule has 8 heteroatoms. The SMILES string of the molecule is COc1ccc(C(=O)/C(Cc2ccc(OC)c(OC)c2)=C(\C(=O)O)c2ccc3c(c2)OCO3)cc1. The molecule has 0 bridgehead atoms. The number of carbonyl (C=O) groups excluding carboxylic acids is 1. The topological polar surface area (TPSA) is 101 Å². The van der Waals surface area contributed by atoms with Crippen LogP contribution in [0.2, 0.25) is 0 Å². The van der Waals surface area contributed by atoms with Crippen molar-refractivity contribution in [1.29, 1.82) is 0 Å². The van der Waals surface area contributed by atoms with Gasteiger partial charge in [0.1, 0.15) is 5.75 Å². The summed E-state index contributed by atoms with van der Waals surface area (Å²) in [6.07, 6.45) is 0.0429. The molecule has 1 aliphatic rings. The standard InChI is InChI=1S/C27H24O8/c1-31-19-8-5-17(6-9-19)26(28)20(12-16-4-10-21(32-2)23(13-16)33-3)25(27(29)30)18-7-11-22-24(14-18)35-15-34-22/h4-11,13-14H,12,15H2,1-3H3,(H,29,30)/b25-20-. The van der Waals surface area contributed by atoms with Crippen molar-refractivity contribution in [2.75, 3.05) is 28.1 Å². The van der Waals surface area contributed by atoms with Crippen LogP contribution in [0, 0.1) is 0 Å². The molecule has 1 N–H and O–H groups in total. The number of rotatable bonds is 9. The molecule has 0 radical (unpaired) electrons. The minimum atomic E-state index is -1.23. The van der Waals surface area contributed by atoms with E-state index in [2.05, 4.69) is 0 Å². The van der Waals surface area contributed by atoms with E-state index in [1.807, 2.05) is 0 Å². The molecule has 0 saturated heterocycles. The number of Topliss-reactive ketones (excluding diaryl/α,β-unsaturated/α-hetero) is 1. The fourth-order valence-electron chi connectivity index (χ4n) is 3.87. The van der Waals surface area contributed by atoms with Crippen LogP contribution < -0.4 is 23.7 Å². The van der Waals surface area contributed by atoms with E-state index in [0.717, 1.165) is 0 Å². The van der Waals surface area contributed by atoms with Crippen LogP contribution in [-0.4, -0.2) is 45.0 Å². The monoisotopic (exact) mass is 476 g/mol. The van der Waals surface area contributed by atoms with Gasteiger partial charge in [-0.2, -0.15) is 0 Å². The molecule has 0 aliphatic carbocycles. The minimum absolute atomic E-state index is 0.0429. The predicted molar refractivity (Wildman–Crippen MR) is 128 cm³/mol. The lowest BCUT2D eigenvalue weighted by Crippen LogP contribution is -2.14. The van der Waals surface area contributed by atoms with Gasteiger partial charge in [-0.3, -0.25) is 4.79 Å². The van der Waals surface area contributed by atoms with Crippen LogP contribution in [-0.2, 0) is 11.2 Å². The second-order valence-corrected chi connectivity index (χ2v) is 7.65. The maximum atomic E-state index is 13.7. The maximum absolute atomic E-state index is 13.7. The smallest absolute Gasteiger partial charge is 0.336 e. The van der Waals surface area contributed by atoms with Crippen LogP contribution in [0.15, 0.2) is 66.2 Å². The van der Waals surface area contributed by atoms with Crippen molar-refractivity contribution < 1.29 is 38.4 Å². The minimum Gasteiger partial charge on any atom is -0.497 e. The van der Waals surface area contributed by atoms with Crippen molar-refractivity contribution in [2.24, 2.45) is 0 Å². The van der Waals surface area contributed by atoms with Crippen molar-refractivity contribution in [2.45, 2.75) is 6.42 Å². The van der Waals surface area contributed by atoms with Crippen LogP contribution in [0.1, 0.15) is 21.5 Å². The van der Waals surface area contributed by atoms with Crippen molar-refractivity contribution in [1.82, 2.24) is 0 Å². The summed E-state index contributed by atoms with van der Waals surface area (Å²) in [4.78, 5) is 26.3. The summed E-state index contributed by atoms with van der Waals surface area (Å²) in [7, 11) is 4.57. The lowest BCUT2D eigenvalue weighted by atomic mass is 9.89. The van der Waals surface area contributed by atoms with Crippen LogP contribution in [0.25, 0.3) is 5.57 Å². The highest BCUT2D eigenvalue weighted by Gasteiger charge is 2.26. The molecule has 3 aromatic rings. The zero-order valence-electron chi connectivity index (χ0n) is 19.5. The molecule has 0 spiro atoms. The van der Waals surface area contributed by atoms with Gasteiger partial charge >= 0.3 is 5.97 Å². The van der Waals surface area contributed by atoms with Gasteiger partial charge in [0.25, 0.3) is 0 Å². The van der Waals surface area contributed by atoms with Gasteiger partial charge in [0, 0.05) is 17.6 Å². The normalized spacial score (nSPS) is 12.5. The Morgan fingerprint density at radius 3 is 2.14 bits per heavy atom. The summed E-state index contributed by atoms with van der Waals surface area (Å²) in [5.74, 6) is 0.864. The molecule has 0 fully saturated rings. The second-order valence-electron chi connectivity index (χ2n) is 7.65. The van der Waals surface area contributed by atoms with Crippen molar-refractivity contribution in [3.05, 3.63) is 82.9 Å². The van der Waals surface area contributed by atoms with Gasteiger partial charge in [-0.25, -0.2) is 4.79 Å². The molecule has 8 nitrogen and oxygen atoms in total. The average Bonchev–Trinajstić information content (AvgIpc) is 3.35. The van der Waals surface area contributed by atoms with Gasteiger partial charge in [0.2, 0.25) is 6.79 Å². The summed E-state index contributed by atoms with van der Waals surface area (Å²) >= 11 is 0. The van der Waals surface area contributed by atoms with Gasteiger partial charge in [-0.15, -0.1) is 0 Å². The zero-order chi connectivity index (χ0) is 24.9. The summed E-state index contributed by atoms with van der Waals surface area (Å²) in [6, 6.07) is 16.5.